The van der Waals surface area contributed by atoms with Gasteiger partial charge in [0.05, 0.1) is 24.2 Å². The molecule has 0 aliphatic rings. The van der Waals surface area contributed by atoms with Crippen LogP contribution in [0.15, 0.2) is 84.9 Å². The normalized spacial score (nSPS) is 11.4. The third kappa shape index (κ3) is 4.44. The number of aliphatic carboxylic acids is 1. The lowest BCUT2D eigenvalue weighted by atomic mass is 10.0. The second-order valence-corrected chi connectivity index (χ2v) is 7.29. The summed E-state index contributed by atoms with van der Waals surface area (Å²) in [5, 5.41) is 14.2. The lowest BCUT2D eigenvalue weighted by molar-refractivity contribution is -0.131. The number of benzene rings is 3. The monoisotopic (exact) mass is 428 g/mol. The first-order valence-corrected chi connectivity index (χ1v) is 9.97. The highest BCUT2D eigenvalue weighted by atomic mass is 19.1. The number of hydrogen-bond acceptors (Lipinski definition) is 3. The standard InChI is InChI=1S/C26H21FN2O3/c1-17-3-5-19(6-4-17)25-16-24(28-29(25)21-11-13-22(32-2)14-12-21)23(15-26(30)31)18-7-9-20(27)10-8-18/h3-16H,1-2H3,(H,30,31). The van der Waals surface area contributed by atoms with Gasteiger partial charge in [0.2, 0.25) is 0 Å². The zero-order chi connectivity index (χ0) is 22.7. The highest BCUT2D eigenvalue weighted by molar-refractivity contribution is 5.95. The molecule has 0 unspecified atom stereocenters. The number of hydrogen-bond donors (Lipinski definition) is 1. The Balaban J connectivity index is 1.91. The first kappa shape index (κ1) is 21.1. The van der Waals surface area contributed by atoms with Crippen molar-refractivity contribution in [1.29, 1.82) is 0 Å². The molecule has 0 fully saturated rings. The molecule has 0 atom stereocenters. The van der Waals surface area contributed by atoms with Gasteiger partial charge in [0.25, 0.3) is 0 Å². The van der Waals surface area contributed by atoms with Crippen LogP contribution < -0.4 is 4.74 Å². The largest absolute Gasteiger partial charge is 0.497 e. The third-order valence-electron chi connectivity index (χ3n) is 5.07. The summed E-state index contributed by atoms with van der Waals surface area (Å²) in [4.78, 5) is 11.6. The van der Waals surface area contributed by atoms with Crippen molar-refractivity contribution < 1.29 is 19.0 Å². The van der Waals surface area contributed by atoms with Crippen molar-refractivity contribution in [2.24, 2.45) is 0 Å². The maximum atomic E-state index is 13.5. The molecule has 0 saturated heterocycles. The third-order valence-corrected chi connectivity index (χ3v) is 5.07. The minimum Gasteiger partial charge on any atom is -0.497 e. The molecule has 160 valence electrons. The Labute approximate surface area is 185 Å². The fourth-order valence-corrected chi connectivity index (χ4v) is 3.42. The molecule has 0 bridgehead atoms. The Kier molecular flexibility index (Phi) is 5.85. The van der Waals surface area contributed by atoms with Gasteiger partial charge in [-0.3, -0.25) is 0 Å². The van der Waals surface area contributed by atoms with Crippen molar-refractivity contribution in [3.8, 4) is 22.7 Å². The van der Waals surface area contributed by atoms with E-state index in [4.69, 9.17) is 9.84 Å². The number of ether oxygens (including phenoxy) is 1. The molecule has 4 rings (SSSR count). The Morgan fingerprint density at radius 3 is 2.25 bits per heavy atom. The summed E-state index contributed by atoms with van der Waals surface area (Å²) in [6.45, 7) is 2.01. The van der Waals surface area contributed by atoms with Crippen LogP contribution in [0.5, 0.6) is 5.75 Å². The number of aryl methyl sites for hydroxylation is 1. The fraction of sp³-hybridized carbons (Fsp3) is 0.0769. The van der Waals surface area contributed by atoms with Gasteiger partial charge in [0.15, 0.2) is 0 Å². The van der Waals surface area contributed by atoms with E-state index in [-0.39, 0.29) is 0 Å². The molecule has 1 aromatic heterocycles. The Bertz CT molecular complexity index is 1270. The van der Waals surface area contributed by atoms with Gasteiger partial charge < -0.3 is 9.84 Å². The van der Waals surface area contributed by atoms with Crippen molar-refractivity contribution in [3.63, 3.8) is 0 Å². The van der Waals surface area contributed by atoms with Gasteiger partial charge in [0, 0.05) is 17.2 Å². The number of halogens is 1. The van der Waals surface area contributed by atoms with E-state index < -0.39 is 11.8 Å². The molecule has 0 aliphatic heterocycles. The summed E-state index contributed by atoms with van der Waals surface area (Å²) in [7, 11) is 1.60. The lowest BCUT2D eigenvalue weighted by Crippen LogP contribution is -2.01. The predicted molar refractivity (Wildman–Crippen MR) is 121 cm³/mol. The average molecular weight is 428 g/mol. The smallest absolute Gasteiger partial charge is 0.329 e. The van der Waals surface area contributed by atoms with Gasteiger partial charge >= 0.3 is 5.97 Å². The molecule has 0 aliphatic carbocycles. The lowest BCUT2D eigenvalue weighted by Gasteiger charge is -2.09. The second kappa shape index (κ2) is 8.89. The number of nitrogens with zero attached hydrogens (tertiary/aromatic N) is 2. The van der Waals surface area contributed by atoms with Crippen LogP contribution in [0.3, 0.4) is 0 Å². The van der Waals surface area contributed by atoms with E-state index in [1.165, 1.54) is 12.1 Å². The molecule has 4 aromatic rings. The molecule has 1 heterocycles. The van der Waals surface area contributed by atoms with Gasteiger partial charge in [-0.25, -0.2) is 13.9 Å². The zero-order valence-corrected chi connectivity index (χ0v) is 17.6. The van der Waals surface area contributed by atoms with Crippen molar-refractivity contribution >= 4 is 11.5 Å². The molecule has 0 amide bonds. The summed E-state index contributed by atoms with van der Waals surface area (Å²) < 4.78 is 20.5. The SMILES string of the molecule is COc1ccc(-n2nc(C(=CC(=O)O)c3ccc(F)cc3)cc2-c2ccc(C)cc2)cc1. The molecule has 0 spiro atoms. The molecular weight excluding hydrogens is 407 g/mol. The number of methoxy groups -OCH3 is 1. The first-order chi connectivity index (χ1) is 15.4. The van der Waals surface area contributed by atoms with E-state index in [1.807, 2.05) is 61.5 Å². The number of rotatable bonds is 6. The number of carboxylic acid groups (broad SMARTS) is 1. The van der Waals surface area contributed by atoms with Gasteiger partial charge in [-0.05, 0) is 55.0 Å². The molecule has 5 nitrogen and oxygen atoms in total. The van der Waals surface area contributed by atoms with Crippen molar-refractivity contribution in [2.75, 3.05) is 7.11 Å². The predicted octanol–water partition coefficient (Wildman–Crippen LogP) is 5.51. The van der Waals surface area contributed by atoms with Crippen molar-refractivity contribution in [2.45, 2.75) is 6.92 Å². The number of carbonyl (C=O) groups is 1. The van der Waals surface area contributed by atoms with E-state index in [2.05, 4.69) is 0 Å². The number of carboxylic acids is 1. The van der Waals surface area contributed by atoms with Crippen LogP contribution in [0.1, 0.15) is 16.8 Å². The minimum atomic E-state index is -1.11. The summed E-state index contributed by atoms with van der Waals surface area (Å²) in [6, 6.07) is 23.0. The summed E-state index contributed by atoms with van der Waals surface area (Å²) in [5.41, 5.74) is 5.05. The second-order valence-electron chi connectivity index (χ2n) is 7.29. The fourth-order valence-electron chi connectivity index (χ4n) is 3.42. The minimum absolute atomic E-state index is 0.387. The van der Waals surface area contributed by atoms with Crippen LogP contribution in [-0.2, 0) is 4.79 Å². The van der Waals surface area contributed by atoms with Gasteiger partial charge in [-0.15, -0.1) is 0 Å². The maximum absolute atomic E-state index is 13.5. The van der Waals surface area contributed by atoms with Crippen LogP contribution >= 0.6 is 0 Å². The van der Waals surface area contributed by atoms with Crippen LogP contribution in [-0.4, -0.2) is 28.0 Å². The molecule has 0 radical (unpaired) electrons. The van der Waals surface area contributed by atoms with E-state index in [9.17, 15) is 14.3 Å². The van der Waals surface area contributed by atoms with E-state index in [0.717, 1.165) is 34.3 Å². The molecule has 1 N–H and O–H groups in total. The molecule has 0 saturated carbocycles. The van der Waals surface area contributed by atoms with Crippen LogP contribution in [0.25, 0.3) is 22.5 Å². The molecular formula is C26H21FN2O3. The van der Waals surface area contributed by atoms with Crippen LogP contribution in [0.2, 0.25) is 0 Å². The van der Waals surface area contributed by atoms with Crippen LogP contribution in [0.4, 0.5) is 4.39 Å². The topological polar surface area (TPSA) is 64.4 Å². The van der Waals surface area contributed by atoms with Crippen molar-refractivity contribution in [1.82, 2.24) is 9.78 Å². The zero-order valence-electron chi connectivity index (χ0n) is 17.6. The highest BCUT2D eigenvalue weighted by Gasteiger charge is 2.17. The molecule has 6 heteroatoms. The average Bonchev–Trinajstić information content (AvgIpc) is 3.24. The van der Waals surface area contributed by atoms with Crippen molar-refractivity contribution in [3.05, 3.63) is 108 Å². The van der Waals surface area contributed by atoms with E-state index >= 15 is 0 Å². The quantitative estimate of drug-likeness (QED) is 0.411. The van der Waals surface area contributed by atoms with E-state index in [1.54, 1.807) is 23.9 Å². The van der Waals surface area contributed by atoms with E-state index in [0.29, 0.717) is 16.8 Å². The van der Waals surface area contributed by atoms with Crippen LogP contribution in [0, 0.1) is 12.7 Å². The highest BCUT2D eigenvalue weighted by Crippen LogP contribution is 2.30. The Hall–Kier alpha value is -4.19. The Morgan fingerprint density at radius 2 is 1.66 bits per heavy atom. The van der Waals surface area contributed by atoms with Gasteiger partial charge in [0.1, 0.15) is 11.6 Å². The molecule has 3 aromatic carbocycles. The summed E-state index contributed by atoms with van der Waals surface area (Å²) >= 11 is 0. The maximum Gasteiger partial charge on any atom is 0.329 e. The Morgan fingerprint density at radius 1 is 1.00 bits per heavy atom. The summed E-state index contributed by atoms with van der Waals surface area (Å²) in [5.74, 6) is -0.788. The molecule has 32 heavy (non-hydrogen) atoms. The number of aromatic nitrogens is 2. The summed E-state index contributed by atoms with van der Waals surface area (Å²) in [6.07, 6.45) is 1.09. The first-order valence-electron chi connectivity index (χ1n) is 9.97. The van der Waals surface area contributed by atoms with Gasteiger partial charge in [-0.1, -0.05) is 42.0 Å². The van der Waals surface area contributed by atoms with Gasteiger partial charge in [-0.2, -0.15) is 5.10 Å².